The highest BCUT2D eigenvalue weighted by Crippen LogP contribution is 2.30. The van der Waals surface area contributed by atoms with Gasteiger partial charge in [0.15, 0.2) is 23.1 Å². The van der Waals surface area contributed by atoms with Gasteiger partial charge in [-0.15, -0.1) is 0 Å². The fourth-order valence-corrected chi connectivity index (χ4v) is 4.88. The van der Waals surface area contributed by atoms with Crippen LogP contribution in [-0.4, -0.2) is 84.8 Å². The highest BCUT2D eigenvalue weighted by molar-refractivity contribution is 6.02. The standard InChI is InChI=1S/C34H40FN3O7/c1-22-18-23(6-8-26(22)35)27-20-25(37-12-14-38(15-13-37)33(42)45-34(2,3)4)21-28(36-27)30(41)10-9-29(40)24-7-11-31(44-17-16-39)32(19-24)43-5/h6-8,11,18-21,39H,9-10,12-17H2,1-5H3. The zero-order valence-corrected chi connectivity index (χ0v) is 26.4. The smallest absolute Gasteiger partial charge is 0.410 e. The van der Waals surface area contributed by atoms with Crippen molar-refractivity contribution in [3.63, 3.8) is 0 Å². The number of ketones is 2. The number of methoxy groups -OCH3 is 1. The summed E-state index contributed by atoms with van der Waals surface area (Å²) in [6.45, 7) is 8.96. The summed E-state index contributed by atoms with van der Waals surface area (Å²) in [7, 11) is 1.45. The second-order valence-electron chi connectivity index (χ2n) is 11.8. The second-order valence-corrected chi connectivity index (χ2v) is 11.8. The maximum atomic E-state index is 14.1. The van der Waals surface area contributed by atoms with Crippen LogP contribution in [0.2, 0.25) is 0 Å². The number of piperazine rings is 1. The number of rotatable bonds is 11. The number of Topliss-reactive ketones (excluding diaryl/α,β-unsaturated/α-hetero) is 2. The van der Waals surface area contributed by atoms with E-state index < -0.39 is 5.60 Å². The van der Waals surface area contributed by atoms with Gasteiger partial charge in [0.1, 0.15) is 23.7 Å². The summed E-state index contributed by atoms with van der Waals surface area (Å²) in [5, 5.41) is 9.02. The summed E-state index contributed by atoms with van der Waals surface area (Å²) in [4.78, 5) is 47.4. The van der Waals surface area contributed by atoms with E-state index in [2.05, 4.69) is 9.88 Å². The molecular weight excluding hydrogens is 581 g/mol. The molecule has 0 unspecified atom stereocenters. The maximum Gasteiger partial charge on any atom is 0.410 e. The van der Waals surface area contributed by atoms with Crippen molar-refractivity contribution in [1.29, 1.82) is 0 Å². The molecule has 0 spiro atoms. The number of ether oxygens (including phenoxy) is 3. The molecule has 4 rings (SSSR count). The van der Waals surface area contributed by atoms with Crippen LogP contribution in [0.25, 0.3) is 11.3 Å². The molecule has 1 N–H and O–H groups in total. The fourth-order valence-electron chi connectivity index (χ4n) is 4.88. The van der Waals surface area contributed by atoms with Gasteiger partial charge >= 0.3 is 6.09 Å². The van der Waals surface area contributed by atoms with Gasteiger partial charge in [-0.2, -0.15) is 0 Å². The Balaban J connectivity index is 1.53. The van der Waals surface area contributed by atoms with E-state index in [1.165, 1.54) is 13.2 Å². The lowest BCUT2D eigenvalue weighted by Gasteiger charge is -2.37. The quantitative estimate of drug-likeness (QED) is 0.278. The molecule has 2 heterocycles. The van der Waals surface area contributed by atoms with Crippen molar-refractivity contribution in [1.82, 2.24) is 9.88 Å². The summed E-state index contributed by atoms with van der Waals surface area (Å²) < 4.78 is 30.3. The van der Waals surface area contributed by atoms with E-state index in [4.69, 9.17) is 19.3 Å². The van der Waals surface area contributed by atoms with E-state index in [-0.39, 0.29) is 55.2 Å². The van der Waals surface area contributed by atoms with Gasteiger partial charge in [0, 0.05) is 55.8 Å². The number of aryl methyl sites for hydroxylation is 1. The van der Waals surface area contributed by atoms with E-state index in [9.17, 15) is 18.8 Å². The molecule has 1 aliphatic rings. The van der Waals surface area contributed by atoms with Crippen LogP contribution in [0.5, 0.6) is 11.5 Å². The number of hydrogen-bond acceptors (Lipinski definition) is 9. The Morgan fingerprint density at radius 2 is 1.64 bits per heavy atom. The molecule has 1 aromatic heterocycles. The molecule has 1 aliphatic heterocycles. The molecule has 0 aliphatic carbocycles. The van der Waals surface area contributed by atoms with Crippen LogP contribution < -0.4 is 14.4 Å². The predicted molar refractivity (Wildman–Crippen MR) is 168 cm³/mol. The van der Waals surface area contributed by atoms with E-state index in [1.807, 2.05) is 26.8 Å². The summed E-state index contributed by atoms with van der Waals surface area (Å²) in [6, 6.07) is 12.9. The molecule has 0 atom stereocenters. The normalized spacial score (nSPS) is 13.4. The lowest BCUT2D eigenvalue weighted by molar-refractivity contribution is 0.0240. The first kappa shape index (κ1) is 33.4. The van der Waals surface area contributed by atoms with Gasteiger partial charge in [-0.05, 0) is 81.8 Å². The maximum absolute atomic E-state index is 14.1. The van der Waals surface area contributed by atoms with Crippen molar-refractivity contribution in [3.8, 4) is 22.8 Å². The van der Waals surface area contributed by atoms with E-state index in [0.29, 0.717) is 60.1 Å². The van der Waals surface area contributed by atoms with E-state index in [0.717, 1.165) is 5.69 Å². The first-order chi connectivity index (χ1) is 21.4. The van der Waals surface area contributed by atoms with Gasteiger partial charge in [-0.3, -0.25) is 9.59 Å². The Labute approximate surface area is 262 Å². The molecule has 3 aromatic rings. The molecule has 11 heteroatoms. The van der Waals surface area contributed by atoms with E-state index in [1.54, 1.807) is 48.2 Å². The van der Waals surface area contributed by atoms with Crippen molar-refractivity contribution in [2.45, 2.75) is 46.1 Å². The van der Waals surface area contributed by atoms with Crippen LogP contribution in [-0.2, 0) is 4.74 Å². The Bertz CT molecular complexity index is 1550. The minimum atomic E-state index is -0.595. The number of carbonyl (C=O) groups is 3. The lowest BCUT2D eigenvalue weighted by atomic mass is 10.0. The number of amides is 1. The second kappa shape index (κ2) is 14.5. The van der Waals surface area contributed by atoms with Gasteiger partial charge in [-0.25, -0.2) is 14.2 Å². The average molecular weight is 622 g/mol. The molecule has 240 valence electrons. The summed E-state index contributed by atoms with van der Waals surface area (Å²) >= 11 is 0. The number of aromatic nitrogens is 1. The van der Waals surface area contributed by atoms with Crippen LogP contribution in [0.3, 0.4) is 0 Å². The number of aliphatic hydroxyl groups is 1. The first-order valence-corrected chi connectivity index (χ1v) is 14.9. The number of halogens is 1. The summed E-state index contributed by atoms with van der Waals surface area (Å²) in [6.07, 6.45) is -0.497. The van der Waals surface area contributed by atoms with Crippen molar-refractivity contribution < 1.29 is 38.1 Å². The molecule has 10 nitrogen and oxygen atoms in total. The topological polar surface area (TPSA) is 119 Å². The number of hydrogen-bond donors (Lipinski definition) is 1. The highest BCUT2D eigenvalue weighted by atomic mass is 19.1. The van der Waals surface area contributed by atoms with Crippen LogP contribution in [0.15, 0.2) is 48.5 Å². The largest absolute Gasteiger partial charge is 0.493 e. The Kier molecular flexibility index (Phi) is 10.8. The predicted octanol–water partition coefficient (Wildman–Crippen LogP) is 5.48. The number of nitrogens with zero attached hydrogens (tertiary/aromatic N) is 3. The number of pyridine rings is 1. The number of aliphatic hydroxyl groups excluding tert-OH is 1. The molecule has 0 saturated carbocycles. The minimum Gasteiger partial charge on any atom is -0.493 e. The summed E-state index contributed by atoms with van der Waals surface area (Å²) in [5.41, 5.74) is 2.31. The van der Waals surface area contributed by atoms with Crippen molar-refractivity contribution in [2.75, 3.05) is 51.4 Å². The zero-order chi connectivity index (χ0) is 32.7. The first-order valence-electron chi connectivity index (χ1n) is 14.9. The molecule has 1 fully saturated rings. The molecule has 0 radical (unpaired) electrons. The number of benzene rings is 2. The van der Waals surface area contributed by atoms with Gasteiger partial charge in [-0.1, -0.05) is 0 Å². The van der Waals surface area contributed by atoms with Gasteiger partial charge in [0.05, 0.1) is 19.4 Å². The van der Waals surface area contributed by atoms with Gasteiger partial charge < -0.3 is 29.1 Å². The van der Waals surface area contributed by atoms with Gasteiger partial charge in [0.25, 0.3) is 0 Å². The van der Waals surface area contributed by atoms with Crippen LogP contribution >= 0.6 is 0 Å². The molecule has 45 heavy (non-hydrogen) atoms. The van der Waals surface area contributed by atoms with E-state index >= 15 is 0 Å². The Morgan fingerprint density at radius 3 is 2.29 bits per heavy atom. The number of anilines is 1. The Morgan fingerprint density at radius 1 is 0.933 bits per heavy atom. The third-order valence-electron chi connectivity index (χ3n) is 7.26. The third-order valence-corrected chi connectivity index (χ3v) is 7.26. The zero-order valence-electron chi connectivity index (χ0n) is 26.4. The van der Waals surface area contributed by atoms with Crippen molar-refractivity contribution in [3.05, 3.63) is 71.2 Å². The Hall–Kier alpha value is -4.51. The lowest BCUT2D eigenvalue weighted by Crippen LogP contribution is -2.50. The SMILES string of the molecule is COc1cc(C(=O)CCC(=O)c2cc(N3CCN(C(=O)OC(C)(C)C)CC3)cc(-c3ccc(F)c(C)c3)n2)ccc1OCCO. The highest BCUT2D eigenvalue weighted by Gasteiger charge is 2.27. The fraction of sp³-hybridized carbons (Fsp3) is 0.412. The summed E-state index contributed by atoms with van der Waals surface area (Å²) in [5.74, 6) is -0.157. The third kappa shape index (κ3) is 8.78. The van der Waals surface area contributed by atoms with Crippen LogP contribution in [0.1, 0.15) is 60.0 Å². The van der Waals surface area contributed by atoms with Crippen LogP contribution in [0.4, 0.5) is 14.9 Å². The van der Waals surface area contributed by atoms with Crippen LogP contribution in [0, 0.1) is 12.7 Å². The molecule has 1 amide bonds. The van der Waals surface area contributed by atoms with Crippen molar-refractivity contribution >= 4 is 23.3 Å². The monoisotopic (exact) mass is 621 g/mol. The molecule has 2 aromatic carbocycles. The average Bonchev–Trinajstić information content (AvgIpc) is 3.02. The number of carbonyl (C=O) groups excluding carboxylic acids is 3. The van der Waals surface area contributed by atoms with Gasteiger partial charge in [0.2, 0.25) is 0 Å². The molecular formula is C34H40FN3O7. The molecule has 0 bridgehead atoms. The van der Waals surface area contributed by atoms with Crippen molar-refractivity contribution in [2.24, 2.45) is 0 Å². The molecule has 1 saturated heterocycles. The minimum absolute atomic E-state index is 0.0513.